The average molecular weight is 1080 g/mol. The van der Waals surface area contributed by atoms with E-state index in [2.05, 4.69) is 73.4 Å². The quantitative estimate of drug-likeness (QED) is 0.0720. The van der Waals surface area contributed by atoms with Crippen molar-refractivity contribution in [2.24, 2.45) is 5.73 Å². The molecule has 77 heavy (non-hydrogen) atoms. The second-order valence-corrected chi connectivity index (χ2v) is 18.4. The molecule has 2 heterocycles. The fourth-order valence-corrected chi connectivity index (χ4v) is 7.78. The highest BCUT2D eigenvalue weighted by molar-refractivity contribution is 6.28. The number of rotatable bonds is 13. The first kappa shape index (κ1) is 59.1. The van der Waals surface area contributed by atoms with Gasteiger partial charge in [-0.25, -0.2) is 0 Å². The number of halogens is 1. The van der Waals surface area contributed by atoms with Gasteiger partial charge in [0.05, 0.1) is 19.6 Å². The number of hydrogen-bond donors (Lipinski definition) is 12. The normalized spacial score (nSPS) is 20.3. The predicted molar refractivity (Wildman–Crippen MR) is 282 cm³/mol. The Labute approximate surface area is 449 Å². The summed E-state index contributed by atoms with van der Waals surface area (Å²) in [5.41, 5.74) is 7.60. The Kier molecular flexibility index (Phi) is 23.0. The first-order chi connectivity index (χ1) is 36.8. The summed E-state index contributed by atoms with van der Waals surface area (Å²) in [7, 11) is 0. The Balaban J connectivity index is 1.33. The minimum absolute atomic E-state index is 0.00229. The topological polar surface area (TPSA) is 368 Å². The number of benzene rings is 3. The molecule has 3 aromatic carbocycles. The van der Waals surface area contributed by atoms with Crippen molar-refractivity contribution < 1.29 is 47.9 Å². The van der Waals surface area contributed by atoms with E-state index in [4.69, 9.17) is 17.3 Å². The van der Waals surface area contributed by atoms with Crippen molar-refractivity contribution in [2.45, 2.75) is 102 Å². The number of carbonyl (C=O) groups excluding carboxylic acids is 10. The largest absolute Gasteiger partial charge is 0.368 e. The number of primary amides is 1. The molecule has 0 fully saturated rings. The molecule has 5 rings (SSSR count). The minimum atomic E-state index is -1.31. The maximum Gasteiger partial charge on any atom is 0.243 e. The van der Waals surface area contributed by atoms with E-state index in [0.717, 1.165) is 5.56 Å². The van der Waals surface area contributed by atoms with Crippen LogP contribution >= 0.6 is 11.6 Å². The van der Waals surface area contributed by atoms with E-state index in [1.54, 1.807) is 91.0 Å². The SMILES string of the molecule is C[C@H](NC(=O)CNC(=O)[C@H]1CCCCNc2nc(Cl)nc(n2)NCC(=O)N[C@H](C)C(=O)N[C@H](Cc2ccccc2)C(=O)NCC(=O)N[C@@H](C)C(=O)N[C@@H](Cc2ccccc2)C(=O)N1)C(=O)N[C@@H](Cc1ccccc1)C(N)=O. The van der Waals surface area contributed by atoms with Crippen molar-refractivity contribution in [1.82, 2.24) is 62.8 Å². The third kappa shape index (κ3) is 20.5. The van der Waals surface area contributed by atoms with E-state index in [-0.39, 0.29) is 55.8 Å². The van der Waals surface area contributed by atoms with Crippen LogP contribution in [0.4, 0.5) is 11.9 Å². The first-order valence-corrected chi connectivity index (χ1v) is 25.2. The molecule has 13 N–H and O–H groups in total. The smallest absolute Gasteiger partial charge is 0.243 e. The number of nitrogens with one attached hydrogen (secondary N) is 11. The Bertz CT molecular complexity index is 2710. The number of carbonyl (C=O) groups is 10. The predicted octanol–water partition coefficient (Wildman–Crippen LogP) is -1.57. The highest BCUT2D eigenvalue weighted by atomic mass is 35.5. The molecule has 410 valence electrons. The van der Waals surface area contributed by atoms with E-state index in [1.807, 2.05) is 0 Å². The molecule has 0 aliphatic carbocycles. The highest BCUT2D eigenvalue weighted by Gasteiger charge is 2.31. The zero-order chi connectivity index (χ0) is 55.9. The number of nitrogens with zero attached hydrogens (tertiary/aromatic N) is 3. The van der Waals surface area contributed by atoms with Crippen molar-refractivity contribution in [3.8, 4) is 0 Å². The van der Waals surface area contributed by atoms with Gasteiger partial charge in [-0.1, -0.05) is 91.0 Å². The van der Waals surface area contributed by atoms with Gasteiger partial charge in [-0.2, -0.15) is 15.0 Å². The van der Waals surface area contributed by atoms with Crippen LogP contribution in [0.5, 0.6) is 0 Å². The summed E-state index contributed by atoms with van der Waals surface area (Å²) in [6.07, 6.45) is 0.696. The average Bonchev–Trinajstić information content (AvgIpc) is 3.40. The lowest BCUT2D eigenvalue weighted by molar-refractivity contribution is -0.134. The van der Waals surface area contributed by atoms with Crippen LogP contribution in [0.3, 0.4) is 0 Å². The summed E-state index contributed by atoms with van der Waals surface area (Å²) in [6, 6.07) is 17.8. The Hall–Kier alpha value is -8.74. The highest BCUT2D eigenvalue weighted by Crippen LogP contribution is 2.12. The summed E-state index contributed by atoms with van der Waals surface area (Å²) >= 11 is 6.17. The van der Waals surface area contributed by atoms with Crippen molar-refractivity contribution in [3.05, 3.63) is 113 Å². The summed E-state index contributed by atoms with van der Waals surface area (Å²) in [5, 5.41) is 28.5. The van der Waals surface area contributed by atoms with Crippen LogP contribution in [-0.2, 0) is 67.2 Å². The third-order valence-electron chi connectivity index (χ3n) is 11.8. The molecule has 1 aliphatic rings. The molecule has 10 amide bonds. The Morgan fingerprint density at radius 1 is 0.623 bits per heavy atom. The van der Waals surface area contributed by atoms with Crippen LogP contribution in [0.25, 0.3) is 0 Å². The number of fused-ring (bicyclic) bond motifs is 2. The zero-order valence-electron chi connectivity index (χ0n) is 42.7. The van der Waals surface area contributed by atoms with Gasteiger partial charge >= 0.3 is 0 Å². The molecule has 0 radical (unpaired) electrons. The summed E-state index contributed by atoms with van der Waals surface area (Å²) in [5.74, 6) is -7.58. The van der Waals surface area contributed by atoms with Crippen LogP contribution < -0.4 is 64.2 Å². The van der Waals surface area contributed by atoms with Crippen LogP contribution in [-0.4, -0.2) is 142 Å². The molecule has 2 bridgehead atoms. The monoisotopic (exact) mass is 1080 g/mol. The summed E-state index contributed by atoms with van der Waals surface area (Å²) < 4.78 is 0. The number of aromatic nitrogens is 3. The van der Waals surface area contributed by atoms with Gasteiger partial charge in [0.2, 0.25) is 76.3 Å². The van der Waals surface area contributed by atoms with Gasteiger partial charge in [-0.15, -0.1) is 0 Å². The maximum atomic E-state index is 14.3. The number of anilines is 2. The van der Waals surface area contributed by atoms with E-state index in [0.29, 0.717) is 17.5 Å². The van der Waals surface area contributed by atoms with Crippen molar-refractivity contribution >= 4 is 82.6 Å². The number of nitrogens with two attached hydrogens (primary N) is 1. The molecule has 0 unspecified atom stereocenters. The molecule has 0 saturated heterocycles. The van der Waals surface area contributed by atoms with Crippen LogP contribution in [0.1, 0.15) is 56.7 Å². The molecule has 4 aromatic rings. The van der Waals surface area contributed by atoms with E-state index >= 15 is 0 Å². The molecule has 0 saturated carbocycles. The van der Waals surface area contributed by atoms with Gasteiger partial charge in [0.15, 0.2) is 0 Å². The lowest BCUT2D eigenvalue weighted by Gasteiger charge is -2.25. The van der Waals surface area contributed by atoms with E-state index in [9.17, 15) is 47.9 Å². The second kappa shape index (κ2) is 30.0. The van der Waals surface area contributed by atoms with Crippen molar-refractivity contribution in [3.63, 3.8) is 0 Å². The first-order valence-electron chi connectivity index (χ1n) is 24.8. The van der Waals surface area contributed by atoms with E-state index < -0.39 is 121 Å². The maximum absolute atomic E-state index is 14.3. The van der Waals surface area contributed by atoms with Crippen LogP contribution in [0.2, 0.25) is 5.28 Å². The van der Waals surface area contributed by atoms with Gasteiger partial charge in [-0.05, 0) is 68.3 Å². The lowest BCUT2D eigenvalue weighted by atomic mass is 10.0. The van der Waals surface area contributed by atoms with Crippen molar-refractivity contribution in [2.75, 3.05) is 36.8 Å². The Morgan fingerprint density at radius 2 is 1.13 bits per heavy atom. The van der Waals surface area contributed by atoms with Gasteiger partial charge in [0.25, 0.3) is 0 Å². The van der Waals surface area contributed by atoms with Gasteiger partial charge in [0.1, 0.15) is 42.3 Å². The minimum Gasteiger partial charge on any atom is -0.368 e. The number of hydrogen-bond acceptors (Lipinski definition) is 15. The zero-order valence-corrected chi connectivity index (χ0v) is 43.4. The molecular weight excluding hydrogens is 1020 g/mol. The summed E-state index contributed by atoms with van der Waals surface area (Å²) in [6.45, 7) is 2.71. The standard InChI is InChI=1S/C51H64ClN15O10/c1-29(43(72)62-36(42(53)71)23-32-15-7-4-8-16-32)58-39(68)26-55-46(75)35-21-13-14-22-54-50-65-49(52)66-51(67-50)57-28-41(70)60-30(2)44(73)63-37(24-33-17-9-5-10-18-33)47(76)56-27-40(69)59-31(3)45(74)64-38(48(77)61-35)25-34-19-11-6-12-20-34/h4-12,15-20,29-31,35-38H,13-14,21-28H2,1-3H3,(H2,53,71)(H,55,75)(H,56,76)(H,58,68)(H,59,69)(H,60,70)(H,61,77)(H,62,72)(H,63,73)(H,64,74)(H2,54,57,65,66,67)/t29-,30+,31-,35+,36-,37+,38-/m0/s1. The fourth-order valence-electron chi connectivity index (χ4n) is 7.62. The third-order valence-corrected chi connectivity index (χ3v) is 12.0. The van der Waals surface area contributed by atoms with Crippen LogP contribution in [0, 0.1) is 0 Å². The molecular formula is C51H64ClN15O10. The molecule has 0 spiro atoms. The second-order valence-electron chi connectivity index (χ2n) is 18.0. The molecule has 25 nitrogen and oxygen atoms in total. The lowest BCUT2D eigenvalue weighted by Crippen LogP contribution is -2.58. The molecule has 26 heteroatoms. The number of amides is 10. The molecule has 7 atom stereocenters. The van der Waals surface area contributed by atoms with Gasteiger partial charge < -0.3 is 64.2 Å². The van der Waals surface area contributed by atoms with Gasteiger partial charge in [-0.3, -0.25) is 47.9 Å². The van der Waals surface area contributed by atoms with Gasteiger partial charge in [0, 0.05) is 25.8 Å². The molecule has 1 aromatic heterocycles. The fraction of sp³-hybridized carbons (Fsp3) is 0.392. The van der Waals surface area contributed by atoms with Crippen molar-refractivity contribution in [1.29, 1.82) is 0 Å². The Morgan fingerprint density at radius 3 is 1.68 bits per heavy atom. The molecule has 1 aliphatic heterocycles. The summed E-state index contributed by atoms with van der Waals surface area (Å²) in [4.78, 5) is 146. The van der Waals surface area contributed by atoms with E-state index in [1.165, 1.54) is 20.8 Å². The van der Waals surface area contributed by atoms with Crippen LogP contribution in [0.15, 0.2) is 91.0 Å².